The average molecular weight is 357 g/mol. The van der Waals surface area contributed by atoms with Gasteiger partial charge >= 0.3 is 0 Å². The molecule has 1 heterocycles. The van der Waals surface area contributed by atoms with E-state index < -0.39 is 9.75 Å². The van der Waals surface area contributed by atoms with Crippen LogP contribution in [0.1, 0.15) is 13.3 Å². The molecule has 1 saturated carbocycles. The number of hydrogen-bond donors (Lipinski definition) is 1. The Bertz CT molecular complexity index is 716. The van der Waals surface area contributed by atoms with Crippen molar-refractivity contribution < 1.29 is 4.79 Å². The first kappa shape index (κ1) is 15.6. The van der Waals surface area contributed by atoms with E-state index in [9.17, 15) is 4.79 Å². The smallest absolute Gasteiger partial charge is 0.233 e. The fraction of sp³-hybridized carbons (Fsp3) is 0.357. The van der Waals surface area contributed by atoms with E-state index in [0.29, 0.717) is 12.1 Å². The molecule has 0 spiro atoms. The molecule has 8 heteroatoms. The summed E-state index contributed by atoms with van der Waals surface area (Å²) < 4.78 is 0.882. The van der Waals surface area contributed by atoms with Gasteiger partial charge in [0.05, 0.1) is 5.41 Å². The summed E-state index contributed by atoms with van der Waals surface area (Å²) in [7, 11) is 1.89. The molecule has 0 bridgehead atoms. The lowest BCUT2D eigenvalue weighted by molar-refractivity contribution is -0.120. The van der Waals surface area contributed by atoms with Gasteiger partial charge in [-0.3, -0.25) is 4.79 Å². The Labute approximate surface area is 142 Å². The van der Waals surface area contributed by atoms with Crippen LogP contribution in [0.15, 0.2) is 40.6 Å². The molecule has 0 radical (unpaired) electrons. The number of aromatic nitrogens is 3. The number of nitrogens with one attached hydrogen (secondary N) is 1. The Morgan fingerprint density at radius 2 is 2.00 bits per heavy atom. The fourth-order valence-electron chi connectivity index (χ4n) is 1.99. The standard InChI is InChI=1S/C14H14Cl2N4OS/c1-13(7-14(13,15)16)11(21)18-9-3-5-10(6-4-9)22-12-19-17-8-20(12)2/h3-6,8H,7H2,1-2H3,(H,18,21). The minimum Gasteiger partial charge on any atom is -0.326 e. The molecule has 1 N–H and O–H groups in total. The van der Waals surface area contributed by atoms with Crippen molar-refractivity contribution in [2.75, 3.05) is 5.32 Å². The normalized spacial score (nSPS) is 22.4. The van der Waals surface area contributed by atoms with Gasteiger partial charge in [-0.05, 0) is 49.4 Å². The Kier molecular flexibility index (Phi) is 3.87. The van der Waals surface area contributed by atoms with Gasteiger partial charge < -0.3 is 9.88 Å². The second kappa shape index (κ2) is 5.44. The molecule has 1 fully saturated rings. The largest absolute Gasteiger partial charge is 0.326 e. The molecule has 3 rings (SSSR count). The van der Waals surface area contributed by atoms with Gasteiger partial charge in [0.1, 0.15) is 10.7 Å². The van der Waals surface area contributed by atoms with Crippen molar-refractivity contribution >= 4 is 46.6 Å². The molecule has 1 aliphatic carbocycles. The number of carbonyl (C=O) groups excluding carboxylic acids is 1. The molecule has 2 aromatic rings. The number of amides is 1. The van der Waals surface area contributed by atoms with Crippen LogP contribution in [0.4, 0.5) is 5.69 Å². The van der Waals surface area contributed by atoms with Gasteiger partial charge in [-0.2, -0.15) is 0 Å². The summed E-state index contributed by atoms with van der Waals surface area (Å²) in [5, 5.41) is 11.5. The van der Waals surface area contributed by atoms with E-state index in [1.165, 1.54) is 11.8 Å². The number of benzene rings is 1. The Morgan fingerprint density at radius 1 is 1.36 bits per heavy atom. The number of hydrogen-bond acceptors (Lipinski definition) is 4. The van der Waals surface area contributed by atoms with Gasteiger partial charge in [0.15, 0.2) is 5.16 Å². The van der Waals surface area contributed by atoms with Crippen LogP contribution in [0, 0.1) is 5.41 Å². The van der Waals surface area contributed by atoms with Crippen molar-refractivity contribution in [1.82, 2.24) is 14.8 Å². The minimum absolute atomic E-state index is 0.161. The van der Waals surface area contributed by atoms with Crippen molar-refractivity contribution in [3.8, 4) is 0 Å². The van der Waals surface area contributed by atoms with E-state index in [1.54, 1.807) is 13.3 Å². The van der Waals surface area contributed by atoms with Crippen molar-refractivity contribution in [2.45, 2.75) is 27.7 Å². The highest BCUT2D eigenvalue weighted by atomic mass is 35.5. The lowest BCUT2D eigenvalue weighted by atomic mass is 10.1. The Balaban J connectivity index is 1.65. The summed E-state index contributed by atoms with van der Waals surface area (Å²) in [6.45, 7) is 1.76. The van der Waals surface area contributed by atoms with Gasteiger partial charge in [0.2, 0.25) is 5.91 Å². The molecule has 0 aliphatic heterocycles. The maximum Gasteiger partial charge on any atom is 0.233 e. The molecule has 1 unspecified atom stereocenters. The quantitative estimate of drug-likeness (QED) is 0.851. The van der Waals surface area contributed by atoms with Crippen LogP contribution >= 0.6 is 35.0 Å². The number of anilines is 1. The third-order valence-corrected chi connectivity index (χ3v) is 5.91. The zero-order valence-electron chi connectivity index (χ0n) is 12.0. The lowest BCUT2D eigenvalue weighted by Crippen LogP contribution is -2.25. The molecule has 0 saturated heterocycles. The number of aryl methyl sites for hydroxylation is 1. The van der Waals surface area contributed by atoms with E-state index in [2.05, 4.69) is 15.5 Å². The van der Waals surface area contributed by atoms with Crippen LogP contribution in [0.5, 0.6) is 0 Å². The third-order valence-electron chi connectivity index (χ3n) is 3.75. The van der Waals surface area contributed by atoms with Crippen molar-refractivity contribution in [2.24, 2.45) is 12.5 Å². The van der Waals surface area contributed by atoms with Gasteiger partial charge in [-0.15, -0.1) is 33.4 Å². The number of nitrogens with zero attached hydrogens (tertiary/aromatic N) is 3. The van der Waals surface area contributed by atoms with Crippen molar-refractivity contribution in [3.63, 3.8) is 0 Å². The van der Waals surface area contributed by atoms with Crippen LogP contribution < -0.4 is 5.32 Å². The SMILES string of the molecule is Cn1cnnc1Sc1ccc(NC(=O)C2(C)CC2(Cl)Cl)cc1. The number of carbonyl (C=O) groups is 1. The summed E-state index contributed by atoms with van der Waals surface area (Å²) in [4.78, 5) is 13.2. The van der Waals surface area contributed by atoms with Crippen LogP contribution in [-0.2, 0) is 11.8 Å². The highest BCUT2D eigenvalue weighted by Gasteiger charge is 2.67. The minimum atomic E-state index is -0.960. The van der Waals surface area contributed by atoms with Crippen molar-refractivity contribution in [1.29, 1.82) is 0 Å². The summed E-state index contributed by atoms with van der Waals surface area (Å²) in [5.74, 6) is -0.161. The zero-order valence-corrected chi connectivity index (χ0v) is 14.3. The Hall–Kier alpha value is -1.24. The van der Waals surface area contributed by atoms with E-state index >= 15 is 0 Å². The van der Waals surface area contributed by atoms with Gasteiger partial charge in [0.25, 0.3) is 0 Å². The molecule has 1 amide bonds. The summed E-state index contributed by atoms with van der Waals surface area (Å²) in [6, 6.07) is 7.51. The van der Waals surface area contributed by atoms with Crippen LogP contribution in [0.25, 0.3) is 0 Å². The van der Waals surface area contributed by atoms with Gasteiger partial charge in [0, 0.05) is 17.6 Å². The van der Waals surface area contributed by atoms with E-state index in [0.717, 1.165) is 10.1 Å². The average Bonchev–Trinajstić information content (AvgIpc) is 2.77. The zero-order chi connectivity index (χ0) is 16.0. The first-order valence-corrected chi connectivity index (χ1v) is 8.20. The number of halogens is 2. The molecule has 116 valence electrons. The molecule has 1 aliphatic rings. The summed E-state index contributed by atoms with van der Waals surface area (Å²) in [6.07, 6.45) is 2.12. The third kappa shape index (κ3) is 2.83. The van der Waals surface area contributed by atoms with Crippen LogP contribution in [0.2, 0.25) is 0 Å². The molecular formula is C14H14Cl2N4OS. The van der Waals surface area contributed by atoms with Gasteiger partial charge in [-0.25, -0.2) is 0 Å². The monoisotopic (exact) mass is 356 g/mol. The first-order chi connectivity index (χ1) is 10.3. The molecule has 1 aromatic heterocycles. The fourth-order valence-corrected chi connectivity index (χ4v) is 3.46. The highest BCUT2D eigenvalue weighted by molar-refractivity contribution is 7.99. The highest BCUT2D eigenvalue weighted by Crippen LogP contribution is 2.64. The lowest BCUT2D eigenvalue weighted by Gasteiger charge is -2.12. The topological polar surface area (TPSA) is 59.8 Å². The molecule has 1 aromatic carbocycles. The van der Waals surface area contributed by atoms with Crippen LogP contribution in [0.3, 0.4) is 0 Å². The molecule has 1 atom stereocenters. The second-order valence-electron chi connectivity index (χ2n) is 5.52. The first-order valence-electron chi connectivity index (χ1n) is 6.63. The van der Waals surface area contributed by atoms with Gasteiger partial charge in [-0.1, -0.05) is 0 Å². The second-order valence-corrected chi connectivity index (χ2v) is 8.04. The van der Waals surface area contributed by atoms with E-state index in [1.807, 2.05) is 35.9 Å². The summed E-state index contributed by atoms with van der Waals surface area (Å²) in [5.41, 5.74) is -0.00751. The molecule has 5 nitrogen and oxygen atoms in total. The maximum atomic E-state index is 12.2. The summed E-state index contributed by atoms with van der Waals surface area (Å²) >= 11 is 13.5. The number of alkyl halides is 2. The number of rotatable bonds is 4. The van der Waals surface area contributed by atoms with E-state index in [-0.39, 0.29) is 5.91 Å². The van der Waals surface area contributed by atoms with Crippen molar-refractivity contribution in [3.05, 3.63) is 30.6 Å². The predicted octanol–water partition coefficient (Wildman–Crippen LogP) is 3.49. The Morgan fingerprint density at radius 3 is 2.50 bits per heavy atom. The maximum absolute atomic E-state index is 12.2. The van der Waals surface area contributed by atoms with Crippen LogP contribution in [-0.4, -0.2) is 25.0 Å². The molecular weight excluding hydrogens is 343 g/mol. The predicted molar refractivity (Wildman–Crippen MR) is 87.4 cm³/mol. The van der Waals surface area contributed by atoms with E-state index in [4.69, 9.17) is 23.2 Å². The molecule has 22 heavy (non-hydrogen) atoms.